The van der Waals surface area contributed by atoms with Crippen LogP contribution >= 0.6 is 0 Å². The number of aromatic nitrogens is 3. The maximum absolute atomic E-state index is 9.99. The van der Waals surface area contributed by atoms with Crippen LogP contribution in [0.1, 0.15) is 34.9 Å². The molecule has 17 heavy (non-hydrogen) atoms. The van der Waals surface area contributed by atoms with Gasteiger partial charge in [0.1, 0.15) is 11.8 Å². The number of hydrogen-bond donors (Lipinski definition) is 2. The number of rotatable bonds is 3. The van der Waals surface area contributed by atoms with Gasteiger partial charge >= 0.3 is 0 Å². The number of aliphatic hydroxyl groups excluding tert-OH is 1. The van der Waals surface area contributed by atoms with Crippen LogP contribution in [0, 0.1) is 0 Å². The molecule has 1 aliphatic rings. The highest BCUT2D eigenvalue weighted by Crippen LogP contribution is 2.24. The van der Waals surface area contributed by atoms with Crippen LogP contribution in [0.3, 0.4) is 0 Å². The standard InChI is InChI=1S/C13H15N3O/c17-13(12-8-14-16-15-12)7-9-4-5-10-2-1-3-11(10)6-9/h4-6,8,13,17H,1-3,7H2,(H,14,15,16). The summed E-state index contributed by atoms with van der Waals surface area (Å²) in [5, 5.41) is 20.1. The SMILES string of the molecule is OC(Cc1ccc2c(c1)CCC2)c1cn[nH]n1. The minimum Gasteiger partial charge on any atom is -0.386 e. The van der Waals surface area contributed by atoms with Gasteiger partial charge in [0, 0.05) is 6.42 Å². The Hall–Kier alpha value is -1.68. The van der Waals surface area contributed by atoms with E-state index < -0.39 is 6.10 Å². The molecule has 0 radical (unpaired) electrons. The molecule has 88 valence electrons. The summed E-state index contributed by atoms with van der Waals surface area (Å²) in [6.07, 6.45) is 5.21. The lowest BCUT2D eigenvalue weighted by Gasteiger charge is -2.09. The molecule has 2 aromatic rings. The van der Waals surface area contributed by atoms with Crippen molar-refractivity contribution in [1.29, 1.82) is 0 Å². The summed E-state index contributed by atoms with van der Waals surface area (Å²) in [7, 11) is 0. The van der Waals surface area contributed by atoms with Gasteiger partial charge in [-0.1, -0.05) is 18.2 Å². The average Bonchev–Trinajstić information content (AvgIpc) is 2.99. The molecule has 0 bridgehead atoms. The smallest absolute Gasteiger partial charge is 0.111 e. The number of aromatic amines is 1. The summed E-state index contributed by atoms with van der Waals surface area (Å²) in [5.41, 5.74) is 4.67. The highest BCUT2D eigenvalue weighted by molar-refractivity contribution is 5.35. The van der Waals surface area contributed by atoms with Crippen molar-refractivity contribution in [2.45, 2.75) is 31.8 Å². The first kappa shape index (κ1) is 10.5. The lowest BCUT2D eigenvalue weighted by atomic mass is 10.0. The molecule has 0 amide bonds. The Morgan fingerprint density at radius 2 is 2.18 bits per heavy atom. The van der Waals surface area contributed by atoms with Crippen LogP contribution in [-0.4, -0.2) is 20.5 Å². The maximum atomic E-state index is 9.99. The Labute approximate surface area is 99.7 Å². The van der Waals surface area contributed by atoms with E-state index in [0.717, 1.165) is 0 Å². The summed E-state index contributed by atoms with van der Waals surface area (Å²) in [6.45, 7) is 0. The van der Waals surface area contributed by atoms with Crippen molar-refractivity contribution < 1.29 is 5.11 Å². The number of aryl methyl sites for hydroxylation is 2. The molecule has 0 aliphatic heterocycles. The van der Waals surface area contributed by atoms with Crippen molar-refractivity contribution in [3.63, 3.8) is 0 Å². The molecule has 0 saturated heterocycles. The van der Waals surface area contributed by atoms with Crippen LogP contribution in [-0.2, 0) is 19.3 Å². The fourth-order valence-electron chi connectivity index (χ4n) is 2.45. The van der Waals surface area contributed by atoms with Gasteiger partial charge in [0.25, 0.3) is 0 Å². The summed E-state index contributed by atoms with van der Waals surface area (Å²) < 4.78 is 0. The van der Waals surface area contributed by atoms with Gasteiger partial charge in [-0.3, -0.25) is 0 Å². The van der Waals surface area contributed by atoms with E-state index in [1.165, 1.54) is 36.0 Å². The Balaban J connectivity index is 1.77. The van der Waals surface area contributed by atoms with E-state index in [2.05, 4.69) is 33.6 Å². The number of nitrogens with one attached hydrogen (secondary N) is 1. The van der Waals surface area contributed by atoms with Crippen molar-refractivity contribution in [2.24, 2.45) is 0 Å². The molecule has 3 rings (SSSR count). The molecule has 0 spiro atoms. The quantitative estimate of drug-likeness (QED) is 0.839. The minimum absolute atomic E-state index is 0.576. The van der Waals surface area contributed by atoms with Gasteiger partial charge in [-0.15, -0.1) is 0 Å². The van der Waals surface area contributed by atoms with Gasteiger partial charge in [0.2, 0.25) is 0 Å². The van der Waals surface area contributed by atoms with Crippen LogP contribution in [0.4, 0.5) is 0 Å². The largest absolute Gasteiger partial charge is 0.386 e. The van der Waals surface area contributed by atoms with Gasteiger partial charge in [0.05, 0.1) is 6.20 Å². The summed E-state index contributed by atoms with van der Waals surface area (Å²) in [6, 6.07) is 6.51. The van der Waals surface area contributed by atoms with Gasteiger partial charge < -0.3 is 5.11 Å². The van der Waals surface area contributed by atoms with Crippen molar-refractivity contribution in [2.75, 3.05) is 0 Å². The molecule has 2 N–H and O–H groups in total. The molecular weight excluding hydrogens is 214 g/mol. The first-order chi connectivity index (χ1) is 8.33. The average molecular weight is 229 g/mol. The van der Waals surface area contributed by atoms with Crippen LogP contribution < -0.4 is 0 Å². The van der Waals surface area contributed by atoms with Gasteiger partial charge in [0.15, 0.2) is 0 Å². The van der Waals surface area contributed by atoms with Crippen molar-refractivity contribution in [1.82, 2.24) is 15.4 Å². The zero-order chi connectivity index (χ0) is 11.7. The predicted molar refractivity (Wildman–Crippen MR) is 63.5 cm³/mol. The Bertz CT molecular complexity index is 507. The lowest BCUT2D eigenvalue weighted by Crippen LogP contribution is -2.03. The molecular formula is C13H15N3O. The van der Waals surface area contributed by atoms with E-state index in [9.17, 15) is 5.11 Å². The molecule has 1 aromatic carbocycles. The highest BCUT2D eigenvalue weighted by atomic mass is 16.3. The highest BCUT2D eigenvalue weighted by Gasteiger charge is 2.14. The van der Waals surface area contributed by atoms with Crippen LogP contribution in [0.2, 0.25) is 0 Å². The third-order valence-corrected chi connectivity index (χ3v) is 3.37. The van der Waals surface area contributed by atoms with Crippen LogP contribution in [0.25, 0.3) is 0 Å². The van der Waals surface area contributed by atoms with Gasteiger partial charge in [-0.05, 0) is 36.0 Å². The third-order valence-electron chi connectivity index (χ3n) is 3.37. The molecule has 1 unspecified atom stereocenters. The number of nitrogens with zero attached hydrogens (tertiary/aromatic N) is 2. The first-order valence-corrected chi connectivity index (χ1v) is 5.97. The van der Waals surface area contributed by atoms with Gasteiger partial charge in [-0.25, -0.2) is 0 Å². The Morgan fingerprint density at radius 1 is 1.29 bits per heavy atom. The number of fused-ring (bicyclic) bond motifs is 1. The molecule has 1 atom stereocenters. The first-order valence-electron chi connectivity index (χ1n) is 5.97. The van der Waals surface area contributed by atoms with E-state index in [1.54, 1.807) is 6.20 Å². The van der Waals surface area contributed by atoms with E-state index in [1.807, 2.05) is 0 Å². The zero-order valence-corrected chi connectivity index (χ0v) is 9.56. The van der Waals surface area contributed by atoms with Gasteiger partial charge in [-0.2, -0.15) is 15.4 Å². The monoisotopic (exact) mass is 229 g/mol. The minimum atomic E-state index is -0.576. The van der Waals surface area contributed by atoms with Crippen molar-refractivity contribution in [3.05, 3.63) is 46.8 Å². The molecule has 0 fully saturated rings. The van der Waals surface area contributed by atoms with Crippen LogP contribution in [0.15, 0.2) is 24.4 Å². The summed E-state index contributed by atoms with van der Waals surface area (Å²) >= 11 is 0. The molecule has 4 nitrogen and oxygen atoms in total. The second-order valence-corrected chi connectivity index (χ2v) is 4.57. The third kappa shape index (κ3) is 2.08. The summed E-state index contributed by atoms with van der Waals surface area (Å²) in [5.74, 6) is 0. The molecule has 1 heterocycles. The molecule has 1 aromatic heterocycles. The second-order valence-electron chi connectivity index (χ2n) is 4.57. The molecule has 4 heteroatoms. The van der Waals surface area contributed by atoms with E-state index in [4.69, 9.17) is 0 Å². The van der Waals surface area contributed by atoms with Crippen LogP contribution in [0.5, 0.6) is 0 Å². The topological polar surface area (TPSA) is 61.8 Å². The molecule has 1 aliphatic carbocycles. The number of benzene rings is 1. The number of H-pyrrole nitrogens is 1. The Kier molecular flexibility index (Phi) is 2.65. The summed E-state index contributed by atoms with van der Waals surface area (Å²) in [4.78, 5) is 0. The van der Waals surface area contributed by atoms with Crippen molar-refractivity contribution >= 4 is 0 Å². The van der Waals surface area contributed by atoms with E-state index in [-0.39, 0.29) is 0 Å². The second kappa shape index (κ2) is 4.30. The maximum Gasteiger partial charge on any atom is 0.111 e. The van der Waals surface area contributed by atoms with E-state index >= 15 is 0 Å². The predicted octanol–water partition coefficient (Wildman–Crippen LogP) is 1.57. The fourth-order valence-corrected chi connectivity index (χ4v) is 2.45. The normalized spacial score (nSPS) is 15.8. The van der Waals surface area contributed by atoms with E-state index in [0.29, 0.717) is 12.1 Å². The van der Waals surface area contributed by atoms with Crippen molar-refractivity contribution in [3.8, 4) is 0 Å². The zero-order valence-electron chi connectivity index (χ0n) is 9.56. The number of aliphatic hydroxyl groups is 1. The lowest BCUT2D eigenvalue weighted by molar-refractivity contribution is 0.173. The fraction of sp³-hybridized carbons (Fsp3) is 0.385. The Morgan fingerprint density at radius 3 is 3.00 bits per heavy atom. The number of hydrogen-bond acceptors (Lipinski definition) is 3. The molecule has 0 saturated carbocycles.